The molecule has 2 aromatic carbocycles. The van der Waals surface area contributed by atoms with E-state index in [2.05, 4.69) is 17.2 Å². The Hall–Kier alpha value is -3.72. The molecule has 0 saturated carbocycles. The Kier molecular flexibility index (Phi) is 6.99. The molecule has 4 rings (SSSR count). The molecule has 0 fully saturated rings. The second kappa shape index (κ2) is 10.3. The molecule has 9 heteroatoms. The Balaban J connectivity index is 1.30. The topological polar surface area (TPSA) is 99.0 Å². The molecule has 8 nitrogen and oxygen atoms in total. The standard InChI is InChI=1S/C24H23N3O5S/c1-2-3-12-31-18-10-8-16(9-11-18)23(30)25-14-22(29)32-15-17-13-21(28)27-19-6-4-5-7-20(19)33-24(27)26-17/h4-11,13H,2-3,12,14-15H2,1H3,(H,25,30). The molecule has 2 aromatic heterocycles. The lowest BCUT2D eigenvalue weighted by molar-refractivity contribution is -0.143. The van der Waals surface area contributed by atoms with Gasteiger partial charge in [0.1, 0.15) is 18.9 Å². The van der Waals surface area contributed by atoms with Crippen LogP contribution in [0.1, 0.15) is 35.8 Å². The first-order valence-electron chi connectivity index (χ1n) is 10.6. The number of hydrogen-bond acceptors (Lipinski definition) is 7. The van der Waals surface area contributed by atoms with Gasteiger partial charge in [0.25, 0.3) is 11.5 Å². The number of esters is 1. The molecule has 2 heterocycles. The van der Waals surface area contributed by atoms with Gasteiger partial charge < -0.3 is 14.8 Å². The molecule has 1 amide bonds. The van der Waals surface area contributed by atoms with Crippen LogP contribution in [-0.2, 0) is 16.1 Å². The van der Waals surface area contributed by atoms with Crippen LogP contribution in [-0.4, -0.2) is 34.4 Å². The number of carbonyl (C=O) groups is 2. The molecule has 0 atom stereocenters. The highest BCUT2D eigenvalue weighted by atomic mass is 32.1. The van der Waals surface area contributed by atoms with Crippen LogP contribution >= 0.6 is 11.3 Å². The molecule has 0 aliphatic rings. The molecule has 0 radical (unpaired) electrons. The first kappa shape index (κ1) is 22.5. The summed E-state index contributed by atoms with van der Waals surface area (Å²) in [5.41, 5.74) is 1.32. The van der Waals surface area contributed by atoms with Gasteiger partial charge in [-0.15, -0.1) is 0 Å². The van der Waals surface area contributed by atoms with Crippen molar-refractivity contribution >= 4 is 38.4 Å². The molecule has 0 unspecified atom stereocenters. The van der Waals surface area contributed by atoms with Gasteiger partial charge in [0.05, 0.1) is 22.5 Å². The van der Waals surface area contributed by atoms with Gasteiger partial charge in [-0.25, -0.2) is 4.98 Å². The third-order valence-corrected chi connectivity index (χ3v) is 5.93. The Labute approximate surface area is 193 Å². The third kappa shape index (κ3) is 5.38. The van der Waals surface area contributed by atoms with Gasteiger partial charge in [0.2, 0.25) is 0 Å². The van der Waals surface area contributed by atoms with E-state index >= 15 is 0 Å². The summed E-state index contributed by atoms with van der Waals surface area (Å²) in [6.45, 7) is 2.27. The van der Waals surface area contributed by atoms with E-state index in [4.69, 9.17) is 9.47 Å². The minimum Gasteiger partial charge on any atom is -0.494 e. The summed E-state index contributed by atoms with van der Waals surface area (Å²) in [4.78, 5) is 41.8. The molecule has 1 N–H and O–H groups in total. The molecule has 170 valence electrons. The first-order valence-corrected chi connectivity index (χ1v) is 11.4. The fraction of sp³-hybridized carbons (Fsp3) is 0.250. The SMILES string of the molecule is CCCCOc1ccc(C(=O)NCC(=O)OCc2cc(=O)n3c(n2)sc2ccccc23)cc1. The first-order chi connectivity index (χ1) is 16.0. The van der Waals surface area contributed by atoms with Crippen LogP contribution < -0.4 is 15.6 Å². The van der Waals surface area contributed by atoms with Crippen LogP contribution in [0.2, 0.25) is 0 Å². The summed E-state index contributed by atoms with van der Waals surface area (Å²) in [5, 5.41) is 2.53. The largest absolute Gasteiger partial charge is 0.494 e. The number of rotatable bonds is 9. The van der Waals surface area contributed by atoms with E-state index in [1.165, 1.54) is 21.8 Å². The molecule has 4 aromatic rings. The zero-order valence-corrected chi connectivity index (χ0v) is 18.9. The van der Waals surface area contributed by atoms with E-state index in [0.29, 0.717) is 28.6 Å². The number of nitrogens with one attached hydrogen (secondary N) is 1. The average molecular weight is 466 g/mol. The maximum Gasteiger partial charge on any atom is 0.325 e. The average Bonchev–Trinajstić information content (AvgIpc) is 3.21. The quantitative estimate of drug-likeness (QED) is 0.300. The predicted octanol–water partition coefficient (Wildman–Crippen LogP) is 3.56. The summed E-state index contributed by atoms with van der Waals surface area (Å²) < 4.78 is 13.2. The van der Waals surface area contributed by atoms with Crippen LogP contribution in [0.4, 0.5) is 0 Å². The van der Waals surface area contributed by atoms with Crippen molar-refractivity contribution in [3.05, 3.63) is 76.2 Å². The summed E-state index contributed by atoms with van der Waals surface area (Å²) in [6.07, 6.45) is 2.01. The van der Waals surface area contributed by atoms with E-state index in [9.17, 15) is 14.4 Å². The van der Waals surface area contributed by atoms with Crippen molar-refractivity contribution in [2.45, 2.75) is 26.4 Å². The zero-order valence-electron chi connectivity index (χ0n) is 18.1. The Morgan fingerprint density at radius 2 is 1.91 bits per heavy atom. The highest BCUT2D eigenvalue weighted by molar-refractivity contribution is 7.23. The van der Waals surface area contributed by atoms with Crippen molar-refractivity contribution in [2.24, 2.45) is 0 Å². The van der Waals surface area contributed by atoms with Gasteiger partial charge in [-0.1, -0.05) is 36.8 Å². The lowest BCUT2D eigenvalue weighted by Gasteiger charge is -2.08. The number of aromatic nitrogens is 2. The maximum atomic E-state index is 12.5. The summed E-state index contributed by atoms with van der Waals surface area (Å²) in [7, 11) is 0. The Morgan fingerprint density at radius 3 is 2.70 bits per heavy atom. The van der Waals surface area contributed by atoms with E-state index < -0.39 is 11.9 Å². The molecule has 0 aliphatic heterocycles. The molecular formula is C24H23N3O5S. The summed E-state index contributed by atoms with van der Waals surface area (Å²) >= 11 is 1.39. The van der Waals surface area contributed by atoms with Gasteiger partial charge in [-0.05, 0) is 42.8 Å². The molecule has 0 aliphatic carbocycles. The molecule has 0 saturated heterocycles. The fourth-order valence-corrected chi connectivity index (χ4v) is 4.24. The van der Waals surface area contributed by atoms with E-state index in [0.717, 1.165) is 23.1 Å². The number of unbranched alkanes of at least 4 members (excludes halogenated alkanes) is 1. The minimum absolute atomic E-state index is 0.154. The van der Waals surface area contributed by atoms with Gasteiger partial charge in [0.15, 0.2) is 4.96 Å². The number of hydrogen-bond donors (Lipinski definition) is 1. The lowest BCUT2D eigenvalue weighted by atomic mass is 10.2. The second-order valence-corrected chi connectivity index (χ2v) is 8.35. The number of ether oxygens (including phenoxy) is 2. The van der Waals surface area contributed by atoms with Crippen LogP contribution in [0.5, 0.6) is 5.75 Å². The van der Waals surface area contributed by atoms with Gasteiger partial charge >= 0.3 is 5.97 Å². The molecule has 0 bridgehead atoms. The van der Waals surface area contributed by atoms with Crippen LogP contribution in [0.25, 0.3) is 15.2 Å². The van der Waals surface area contributed by atoms with Crippen LogP contribution in [0.15, 0.2) is 59.4 Å². The van der Waals surface area contributed by atoms with E-state index in [-0.39, 0.29) is 18.7 Å². The molecular weight excluding hydrogens is 442 g/mol. The Morgan fingerprint density at radius 1 is 1.12 bits per heavy atom. The summed E-state index contributed by atoms with van der Waals surface area (Å²) in [6, 6.07) is 15.6. The summed E-state index contributed by atoms with van der Waals surface area (Å²) in [5.74, 6) is -0.324. The number of para-hydroxylation sites is 1. The molecule has 0 spiro atoms. The molecule has 33 heavy (non-hydrogen) atoms. The monoisotopic (exact) mass is 465 g/mol. The van der Waals surface area contributed by atoms with Crippen molar-refractivity contribution in [1.29, 1.82) is 0 Å². The Bertz CT molecular complexity index is 1340. The minimum atomic E-state index is -0.624. The van der Waals surface area contributed by atoms with Crippen LogP contribution in [0.3, 0.4) is 0 Å². The van der Waals surface area contributed by atoms with E-state index in [1.807, 2.05) is 24.3 Å². The maximum absolute atomic E-state index is 12.5. The number of benzene rings is 2. The lowest BCUT2D eigenvalue weighted by Crippen LogP contribution is -2.30. The zero-order chi connectivity index (χ0) is 23.2. The second-order valence-electron chi connectivity index (χ2n) is 7.34. The third-order valence-electron chi connectivity index (χ3n) is 4.91. The number of carbonyl (C=O) groups excluding carboxylic acids is 2. The van der Waals surface area contributed by atoms with E-state index in [1.54, 1.807) is 24.3 Å². The van der Waals surface area contributed by atoms with Crippen molar-refractivity contribution in [3.8, 4) is 5.75 Å². The fourth-order valence-electron chi connectivity index (χ4n) is 3.19. The number of thiazole rings is 1. The van der Waals surface area contributed by atoms with Gasteiger partial charge in [0, 0.05) is 11.6 Å². The van der Waals surface area contributed by atoms with Crippen molar-refractivity contribution < 1.29 is 19.1 Å². The van der Waals surface area contributed by atoms with Crippen molar-refractivity contribution in [3.63, 3.8) is 0 Å². The van der Waals surface area contributed by atoms with Gasteiger partial charge in [-0.2, -0.15) is 0 Å². The highest BCUT2D eigenvalue weighted by Gasteiger charge is 2.12. The number of fused-ring (bicyclic) bond motifs is 3. The number of amides is 1. The number of nitrogens with zero attached hydrogens (tertiary/aromatic N) is 2. The smallest absolute Gasteiger partial charge is 0.325 e. The normalized spacial score (nSPS) is 10.9. The van der Waals surface area contributed by atoms with Gasteiger partial charge in [-0.3, -0.25) is 18.8 Å². The predicted molar refractivity (Wildman–Crippen MR) is 126 cm³/mol. The van der Waals surface area contributed by atoms with Crippen molar-refractivity contribution in [2.75, 3.05) is 13.2 Å². The van der Waals surface area contributed by atoms with Crippen LogP contribution in [0, 0.1) is 0 Å². The highest BCUT2D eigenvalue weighted by Crippen LogP contribution is 2.23. The van der Waals surface area contributed by atoms with Crippen molar-refractivity contribution in [1.82, 2.24) is 14.7 Å².